The maximum absolute atomic E-state index is 12.6. The summed E-state index contributed by atoms with van der Waals surface area (Å²) >= 11 is 0. The molecule has 0 saturated carbocycles. The molecular weight excluding hydrogens is 460 g/mol. The van der Waals surface area contributed by atoms with E-state index in [0.717, 1.165) is 12.1 Å². The molecule has 2 heterocycles. The highest BCUT2D eigenvalue weighted by Gasteiger charge is 2.34. The van der Waals surface area contributed by atoms with E-state index in [1.807, 2.05) is 0 Å². The van der Waals surface area contributed by atoms with Crippen molar-refractivity contribution in [3.05, 3.63) is 64.3 Å². The molecule has 0 unspecified atom stereocenters. The van der Waals surface area contributed by atoms with E-state index in [-0.39, 0.29) is 45.3 Å². The summed E-state index contributed by atoms with van der Waals surface area (Å²) in [6.07, 6.45) is -1.54. The monoisotopic (exact) mass is 480 g/mol. The van der Waals surface area contributed by atoms with E-state index < -0.39 is 35.7 Å². The number of hydrogen-bond acceptors (Lipinski definition) is 10. The molecule has 4 aromatic rings. The lowest BCUT2D eigenvalue weighted by Gasteiger charge is -2.33. The average Bonchev–Trinajstić information content (AvgIpc) is 2.85. The summed E-state index contributed by atoms with van der Waals surface area (Å²) in [6, 6.07) is 11.3. The van der Waals surface area contributed by atoms with Crippen molar-refractivity contribution in [3.8, 4) is 51.6 Å². The first-order valence-corrected chi connectivity index (χ1v) is 10.5. The van der Waals surface area contributed by atoms with Crippen molar-refractivity contribution in [2.75, 3.05) is 13.7 Å². The van der Waals surface area contributed by atoms with Crippen LogP contribution in [-0.4, -0.2) is 45.4 Å². The fourth-order valence-corrected chi connectivity index (χ4v) is 4.03. The minimum absolute atomic E-state index is 0.0445. The van der Waals surface area contributed by atoms with Gasteiger partial charge in [0.05, 0.1) is 13.7 Å². The lowest BCUT2D eigenvalue weighted by Crippen LogP contribution is -2.36. The summed E-state index contributed by atoms with van der Waals surface area (Å²) in [7, 11) is 1.42. The summed E-state index contributed by atoms with van der Waals surface area (Å²) in [5.41, 5.74) is -0.132. The second kappa shape index (κ2) is 8.33. The van der Waals surface area contributed by atoms with Gasteiger partial charge in [0.15, 0.2) is 41.0 Å². The Morgan fingerprint density at radius 1 is 0.914 bits per heavy atom. The largest absolute Gasteiger partial charge is 0.508 e. The molecule has 180 valence electrons. The molecule has 0 spiro atoms. The van der Waals surface area contributed by atoms with Gasteiger partial charge in [-0.15, -0.1) is 0 Å². The standard InChI is InChI=1S/C25H20O10/c1-32-17-6-11(2-4-14(17)28)24-20(10-26)33-18-7-12(3-5-16(18)34-24)25-23(31)22(30)21-15(29)8-13(27)9-19(21)35-25/h2-9,20,24,26-29,31H,10H2,1H3/t20-,24-/m1/s1. The van der Waals surface area contributed by atoms with Gasteiger partial charge in [-0.05, 0) is 30.3 Å². The van der Waals surface area contributed by atoms with Crippen molar-refractivity contribution >= 4 is 11.0 Å². The van der Waals surface area contributed by atoms with Crippen molar-refractivity contribution in [3.63, 3.8) is 0 Å². The van der Waals surface area contributed by atoms with Gasteiger partial charge in [0.25, 0.3) is 0 Å². The van der Waals surface area contributed by atoms with Crippen LogP contribution in [0.2, 0.25) is 0 Å². The Labute approximate surface area is 197 Å². The Balaban J connectivity index is 1.56. The quantitative estimate of drug-likeness (QED) is 0.294. The van der Waals surface area contributed by atoms with E-state index in [2.05, 4.69) is 0 Å². The first kappa shape index (κ1) is 22.2. The Bertz CT molecular complexity index is 1510. The van der Waals surface area contributed by atoms with Gasteiger partial charge >= 0.3 is 0 Å². The predicted molar refractivity (Wildman–Crippen MR) is 122 cm³/mol. The zero-order valence-corrected chi connectivity index (χ0v) is 18.3. The molecule has 0 amide bonds. The van der Waals surface area contributed by atoms with Crippen LogP contribution in [0.3, 0.4) is 0 Å². The van der Waals surface area contributed by atoms with Gasteiger partial charge in [-0.1, -0.05) is 6.07 Å². The molecule has 0 bridgehead atoms. The van der Waals surface area contributed by atoms with Crippen LogP contribution in [0.4, 0.5) is 0 Å². The second-order valence-electron chi connectivity index (χ2n) is 7.92. The van der Waals surface area contributed by atoms with Crippen LogP contribution in [0.15, 0.2) is 57.7 Å². The molecule has 10 heteroatoms. The number of hydrogen-bond donors (Lipinski definition) is 5. The Morgan fingerprint density at radius 3 is 2.46 bits per heavy atom. The van der Waals surface area contributed by atoms with Gasteiger partial charge in [0, 0.05) is 23.3 Å². The summed E-state index contributed by atoms with van der Waals surface area (Å²) in [5.74, 6) is -1.04. The summed E-state index contributed by atoms with van der Waals surface area (Å²) in [4.78, 5) is 12.6. The van der Waals surface area contributed by atoms with Gasteiger partial charge < -0.3 is 44.2 Å². The van der Waals surface area contributed by atoms with Crippen molar-refractivity contribution in [1.82, 2.24) is 0 Å². The van der Waals surface area contributed by atoms with Crippen LogP contribution >= 0.6 is 0 Å². The second-order valence-corrected chi connectivity index (χ2v) is 7.92. The molecule has 5 rings (SSSR count). The molecule has 1 aliphatic rings. The highest BCUT2D eigenvalue weighted by molar-refractivity contribution is 5.88. The Morgan fingerprint density at radius 2 is 1.71 bits per heavy atom. The number of fused-ring (bicyclic) bond motifs is 2. The smallest absolute Gasteiger partial charge is 0.238 e. The van der Waals surface area contributed by atoms with E-state index in [4.69, 9.17) is 18.6 Å². The highest BCUT2D eigenvalue weighted by Crippen LogP contribution is 2.44. The van der Waals surface area contributed by atoms with Gasteiger partial charge in [0.2, 0.25) is 11.2 Å². The molecule has 2 atom stereocenters. The molecule has 0 radical (unpaired) electrons. The molecule has 1 aliphatic heterocycles. The van der Waals surface area contributed by atoms with Crippen molar-refractivity contribution < 1.29 is 44.2 Å². The first-order chi connectivity index (χ1) is 16.8. The van der Waals surface area contributed by atoms with Gasteiger partial charge in [-0.25, -0.2) is 0 Å². The Kier molecular flexibility index (Phi) is 5.29. The van der Waals surface area contributed by atoms with Crippen molar-refractivity contribution in [1.29, 1.82) is 0 Å². The number of phenols is 3. The molecule has 10 nitrogen and oxygen atoms in total. The molecule has 0 saturated heterocycles. The third-order valence-electron chi connectivity index (χ3n) is 5.72. The zero-order chi connectivity index (χ0) is 24.9. The van der Waals surface area contributed by atoms with E-state index in [0.29, 0.717) is 11.3 Å². The third-order valence-corrected chi connectivity index (χ3v) is 5.72. The predicted octanol–water partition coefficient (Wildman–Crippen LogP) is 3.16. The van der Waals surface area contributed by atoms with Crippen LogP contribution in [0, 0.1) is 0 Å². The molecule has 1 aromatic heterocycles. The highest BCUT2D eigenvalue weighted by atomic mass is 16.6. The van der Waals surface area contributed by atoms with E-state index >= 15 is 0 Å². The van der Waals surface area contributed by atoms with Gasteiger partial charge in [0.1, 0.15) is 22.5 Å². The fourth-order valence-electron chi connectivity index (χ4n) is 4.03. The third kappa shape index (κ3) is 3.69. The fraction of sp³-hybridized carbons (Fsp3) is 0.160. The van der Waals surface area contributed by atoms with E-state index in [1.165, 1.54) is 25.3 Å². The average molecular weight is 480 g/mol. The number of methoxy groups -OCH3 is 1. The van der Waals surface area contributed by atoms with Crippen LogP contribution in [0.25, 0.3) is 22.3 Å². The molecule has 5 N–H and O–H groups in total. The summed E-state index contributed by atoms with van der Waals surface area (Å²) < 4.78 is 22.8. The number of phenolic OH excluding ortho intramolecular Hbond substituents is 3. The topological polar surface area (TPSA) is 159 Å². The van der Waals surface area contributed by atoms with Crippen molar-refractivity contribution in [2.24, 2.45) is 0 Å². The SMILES string of the molecule is COc1cc([C@H]2Oc3ccc(-c4oc5cc(O)cc(O)c5c(=O)c4O)cc3O[C@@H]2CO)ccc1O. The first-order valence-electron chi connectivity index (χ1n) is 10.5. The number of rotatable bonds is 4. The number of aliphatic hydroxyl groups excluding tert-OH is 1. The number of aromatic hydroxyl groups is 4. The Hall–Kier alpha value is -4.57. The van der Waals surface area contributed by atoms with Gasteiger partial charge in [-0.2, -0.15) is 0 Å². The lowest BCUT2D eigenvalue weighted by atomic mass is 10.0. The maximum Gasteiger partial charge on any atom is 0.238 e. The normalized spacial score (nSPS) is 16.9. The van der Waals surface area contributed by atoms with Crippen LogP contribution in [0.1, 0.15) is 11.7 Å². The summed E-state index contributed by atoms with van der Waals surface area (Å²) in [5, 5.41) is 49.7. The minimum atomic E-state index is -0.872. The van der Waals surface area contributed by atoms with Crippen LogP contribution < -0.4 is 19.6 Å². The number of ether oxygens (including phenoxy) is 3. The zero-order valence-electron chi connectivity index (χ0n) is 18.3. The van der Waals surface area contributed by atoms with Crippen LogP contribution in [0.5, 0.6) is 40.2 Å². The maximum atomic E-state index is 12.6. The van der Waals surface area contributed by atoms with E-state index in [1.54, 1.807) is 18.2 Å². The van der Waals surface area contributed by atoms with E-state index in [9.17, 15) is 30.3 Å². The number of aliphatic hydroxyl groups is 1. The lowest BCUT2D eigenvalue weighted by molar-refractivity contribution is -0.0123. The molecule has 0 aliphatic carbocycles. The molecule has 3 aromatic carbocycles. The van der Waals surface area contributed by atoms with Crippen LogP contribution in [-0.2, 0) is 0 Å². The van der Waals surface area contributed by atoms with Crippen molar-refractivity contribution in [2.45, 2.75) is 12.2 Å². The van der Waals surface area contributed by atoms with Gasteiger partial charge in [-0.3, -0.25) is 4.79 Å². The number of benzene rings is 3. The molecule has 35 heavy (non-hydrogen) atoms. The minimum Gasteiger partial charge on any atom is -0.508 e. The molecular formula is C25H20O10. The molecule has 0 fully saturated rings. The summed E-state index contributed by atoms with van der Waals surface area (Å²) in [6.45, 7) is -0.396.